The molecule has 1 aliphatic rings. The molecular formula is C25H19Cl3O3. The van der Waals surface area contributed by atoms with E-state index < -0.39 is 0 Å². The number of carbonyl (C=O) groups excluding carboxylic acids is 1. The van der Waals surface area contributed by atoms with Crippen molar-refractivity contribution in [1.82, 2.24) is 0 Å². The molecule has 0 unspecified atom stereocenters. The molecule has 0 heterocycles. The molecule has 0 fully saturated rings. The van der Waals surface area contributed by atoms with E-state index in [9.17, 15) is 4.79 Å². The van der Waals surface area contributed by atoms with Crippen LogP contribution in [0.25, 0.3) is 6.08 Å². The van der Waals surface area contributed by atoms with Crippen molar-refractivity contribution in [2.45, 2.75) is 19.4 Å². The Hall–Kier alpha value is -2.46. The molecule has 3 aromatic rings. The molecule has 0 bridgehead atoms. The van der Waals surface area contributed by atoms with Crippen molar-refractivity contribution in [2.75, 3.05) is 7.11 Å². The second-order valence-corrected chi connectivity index (χ2v) is 8.47. The van der Waals surface area contributed by atoms with Crippen molar-refractivity contribution in [3.05, 3.63) is 97.5 Å². The van der Waals surface area contributed by atoms with Crippen LogP contribution in [0.15, 0.2) is 60.2 Å². The van der Waals surface area contributed by atoms with Crippen LogP contribution in [0.1, 0.15) is 33.5 Å². The summed E-state index contributed by atoms with van der Waals surface area (Å²) in [5.74, 6) is 1.11. The molecule has 6 heteroatoms. The summed E-state index contributed by atoms with van der Waals surface area (Å²) in [5.41, 5.74) is 4.38. The number of hydrogen-bond acceptors (Lipinski definition) is 3. The summed E-state index contributed by atoms with van der Waals surface area (Å²) in [6.07, 6.45) is 3.50. The van der Waals surface area contributed by atoms with Gasteiger partial charge in [-0.2, -0.15) is 0 Å². The lowest BCUT2D eigenvalue weighted by Crippen LogP contribution is -2.13. The fourth-order valence-electron chi connectivity index (χ4n) is 3.67. The molecule has 31 heavy (non-hydrogen) atoms. The lowest BCUT2D eigenvalue weighted by molar-refractivity contribution is 0.102. The van der Waals surface area contributed by atoms with Crippen molar-refractivity contribution in [3.8, 4) is 11.5 Å². The summed E-state index contributed by atoms with van der Waals surface area (Å²) in [7, 11) is 1.60. The van der Waals surface area contributed by atoms with Gasteiger partial charge in [0.15, 0.2) is 11.5 Å². The molecule has 0 atom stereocenters. The van der Waals surface area contributed by atoms with Crippen molar-refractivity contribution >= 4 is 46.7 Å². The summed E-state index contributed by atoms with van der Waals surface area (Å²) < 4.78 is 11.3. The quantitative estimate of drug-likeness (QED) is 0.361. The molecule has 0 saturated carbocycles. The number of benzene rings is 3. The minimum atomic E-state index is 0.0789. The van der Waals surface area contributed by atoms with Crippen LogP contribution in [0.4, 0.5) is 0 Å². The van der Waals surface area contributed by atoms with Gasteiger partial charge in [0.1, 0.15) is 12.4 Å². The van der Waals surface area contributed by atoms with Crippen LogP contribution < -0.4 is 9.47 Å². The largest absolute Gasteiger partial charge is 0.496 e. The average molecular weight is 474 g/mol. The van der Waals surface area contributed by atoms with Crippen LogP contribution in [0.2, 0.25) is 15.1 Å². The molecule has 0 aliphatic heterocycles. The number of hydrogen-bond donors (Lipinski definition) is 0. The van der Waals surface area contributed by atoms with Crippen molar-refractivity contribution < 1.29 is 14.3 Å². The highest BCUT2D eigenvalue weighted by Gasteiger charge is 2.21. The average Bonchev–Trinajstić information content (AvgIpc) is 2.75. The number of halogens is 3. The highest BCUT2D eigenvalue weighted by atomic mass is 35.5. The van der Waals surface area contributed by atoms with E-state index in [4.69, 9.17) is 44.3 Å². The summed E-state index contributed by atoms with van der Waals surface area (Å²) >= 11 is 18.4. The third kappa shape index (κ3) is 4.74. The van der Waals surface area contributed by atoms with Gasteiger partial charge in [0.2, 0.25) is 0 Å². The van der Waals surface area contributed by atoms with Crippen molar-refractivity contribution in [2.24, 2.45) is 0 Å². The van der Waals surface area contributed by atoms with Gasteiger partial charge in [0, 0.05) is 21.7 Å². The number of ether oxygens (including phenoxy) is 2. The topological polar surface area (TPSA) is 35.5 Å². The molecule has 3 aromatic carbocycles. The summed E-state index contributed by atoms with van der Waals surface area (Å²) in [5, 5.41) is 1.11. The van der Waals surface area contributed by atoms with Crippen LogP contribution in [0.5, 0.6) is 11.5 Å². The number of allylic oxidation sites excluding steroid dienone is 1. The first-order valence-corrected chi connectivity index (χ1v) is 10.9. The molecule has 158 valence electrons. The second-order valence-electron chi connectivity index (χ2n) is 7.21. The zero-order valence-electron chi connectivity index (χ0n) is 16.8. The lowest BCUT2D eigenvalue weighted by Gasteiger charge is -2.17. The zero-order valence-corrected chi connectivity index (χ0v) is 19.0. The number of fused-ring (bicyclic) bond motifs is 1. The number of carbonyl (C=O) groups is 1. The first kappa shape index (κ1) is 21.8. The standard InChI is InChI=1S/C25H19Cl3O3/c1-30-23-9-6-15(10-17-8-7-16-4-2-3-5-20(16)24(17)29)11-18(23)14-31-25-21(27)12-19(26)13-22(25)28/h2-6,9-13H,7-8,14H2,1H3/b17-10+. The van der Waals surface area contributed by atoms with Gasteiger partial charge in [-0.3, -0.25) is 4.79 Å². The molecule has 0 N–H and O–H groups in total. The second kappa shape index (κ2) is 9.35. The van der Waals surface area contributed by atoms with Gasteiger partial charge in [-0.1, -0.05) is 65.1 Å². The van der Waals surface area contributed by atoms with E-state index in [1.54, 1.807) is 19.2 Å². The van der Waals surface area contributed by atoms with E-state index in [1.807, 2.05) is 48.5 Å². The number of aryl methyl sites for hydroxylation is 1. The maximum Gasteiger partial charge on any atom is 0.189 e. The maximum atomic E-state index is 12.9. The summed E-state index contributed by atoms with van der Waals surface area (Å²) in [6.45, 7) is 0.192. The first-order valence-electron chi connectivity index (χ1n) is 9.73. The molecule has 0 radical (unpaired) electrons. The highest BCUT2D eigenvalue weighted by Crippen LogP contribution is 2.37. The Kier molecular flexibility index (Phi) is 6.57. The van der Waals surface area contributed by atoms with Gasteiger partial charge in [-0.15, -0.1) is 0 Å². The number of methoxy groups -OCH3 is 1. The van der Waals surface area contributed by atoms with E-state index in [0.29, 0.717) is 33.0 Å². The molecular weight excluding hydrogens is 455 g/mol. The minimum absolute atomic E-state index is 0.0789. The van der Waals surface area contributed by atoms with Gasteiger partial charge >= 0.3 is 0 Å². The van der Waals surface area contributed by atoms with Gasteiger partial charge in [0.25, 0.3) is 0 Å². The SMILES string of the molecule is COc1ccc(/C=C2\CCc3ccccc3C2=O)cc1COc1c(Cl)cc(Cl)cc1Cl. The molecule has 0 saturated heterocycles. The van der Waals surface area contributed by atoms with Crippen LogP contribution in [-0.2, 0) is 13.0 Å². The Morgan fingerprint density at radius 2 is 1.71 bits per heavy atom. The minimum Gasteiger partial charge on any atom is -0.496 e. The van der Waals surface area contributed by atoms with Crippen LogP contribution in [0, 0.1) is 0 Å². The van der Waals surface area contributed by atoms with Crippen LogP contribution in [-0.4, -0.2) is 12.9 Å². The van der Waals surface area contributed by atoms with Gasteiger partial charge in [-0.05, 0) is 54.3 Å². The van der Waals surface area contributed by atoms with Crippen LogP contribution in [0.3, 0.4) is 0 Å². The van der Waals surface area contributed by atoms with Gasteiger partial charge < -0.3 is 9.47 Å². The smallest absolute Gasteiger partial charge is 0.189 e. The van der Waals surface area contributed by atoms with Gasteiger partial charge in [0.05, 0.1) is 17.2 Å². The fourth-order valence-corrected chi connectivity index (χ4v) is 4.60. The summed E-state index contributed by atoms with van der Waals surface area (Å²) in [4.78, 5) is 12.9. The predicted molar refractivity (Wildman–Crippen MR) is 126 cm³/mol. The number of rotatable bonds is 5. The Labute approximate surface area is 196 Å². The zero-order chi connectivity index (χ0) is 22.0. The highest BCUT2D eigenvalue weighted by molar-refractivity contribution is 6.40. The van der Waals surface area contributed by atoms with Crippen molar-refractivity contribution in [1.29, 1.82) is 0 Å². The Bertz CT molecular complexity index is 1160. The lowest BCUT2D eigenvalue weighted by atomic mass is 9.86. The molecule has 0 amide bonds. The van der Waals surface area contributed by atoms with Crippen LogP contribution >= 0.6 is 34.8 Å². The van der Waals surface area contributed by atoms with Gasteiger partial charge in [-0.25, -0.2) is 0 Å². The Morgan fingerprint density at radius 1 is 0.968 bits per heavy atom. The third-order valence-electron chi connectivity index (χ3n) is 5.20. The van der Waals surface area contributed by atoms with E-state index in [-0.39, 0.29) is 12.4 Å². The summed E-state index contributed by atoms with van der Waals surface area (Å²) in [6, 6.07) is 16.6. The van der Waals surface area contributed by atoms with E-state index in [0.717, 1.165) is 34.2 Å². The normalized spacial score (nSPS) is 14.5. The maximum absolute atomic E-state index is 12.9. The van der Waals surface area contributed by atoms with Crippen molar-refractivity contribution in [3.63, 3.8) is 0 Å². The Morgan fingerprint density at radius 3 is 2.45 bits per heavy atom. The molecule has 0 aromatic heterocycles. The first-order chi connectivity index (χ1) is 15.0. The molecule has 4 rings (SSSR count). The number of Topliss-reactive ketones (excluding diaryl/α,β-unsaturated/α-hetero) is 1. The van der Waals surface area contributed by atoms with E-state index in [1.165, 1.54) is 0 Å². The third-order valence-corrected chi connectivity index (χ3v) is 5.98. The Balaban J connectivity index is 1.60. The number of ketones is 1. The monoisotopic (exact) mass is 472 g/mol. The molecule has 1 aliphatic carbocycles. The van der Waals surface area contributed by atoms with E-state index in [2.05, 4.69) is 0 Å². The van der Waals surface area contributed by atoms with E-state index >= 15 is 0 Å². The molecule has 0 spiro atoms. The predicted octanol–water partition coefficient (Wildman–Crippen LogP) is 7.45. The fraction of sp³-hybridized carbons (Fsp3) is 0.160. The molecule has 3 nitrogen and oxygen atoms in total.